The van der Waals surface area contributed by atoms with Crippen LogP contribution in [0.5, 0.6) is 5.75 Å². The fourth-order valence-corrected chi connectivity index (χ4v) is 2.06. The van der Waals surface area contributed by atoms with E-state index in [4.69, 9.17) is 0 Å². The molecular weight excluding hydrogens is 271 g/mol. The van der Waals surface area contributed by atoms with Crippen molar-refractivity contribution in [2.75, 3.05) is 5.32 Å². The van der Waals surface area contributed by atoms with Gasteiger partial charge in [-0.05, 0) is 43.0 Å². The van der Waals surface area contributed by atoms with Gasteiger partial charge in [0.2, 0.25) is 5.91 Å². The van der Waals surface area contributed by atoms with E-state index in [1.165, 1.54) is 24.3 Å². The van der Waals surface area contributed by atoms with Crippen LogP contribution in [-0.4, -0.2) is 12.3 Å². The Morgan fingerprint density at radius 2 is 2.00 bits per heavy atom. The van der Waals surface area contributed by atoms with Crippen LogP contribution < -0.4 is 10.1 Å². The van der Waals surface area contributed by atoms with Crippen LogP contribution >= 0.6 is 0 Å². The summed E-state index contributed by atoms with van der Waals surface area (Å²) in [6, 6.07) is 5.09. The van der Waals surface area contributed by atoms with Gasteiger partial charge in [-0.3, -0.25) is 4.79 Å². The van der Waals surface area contributed by atoms with E-state index in [2.05, 4.69) is 10.1 Å². The third-order valence-corrected chi connectivity index (χ3v) is 2.93. The predicted molar refractivity (Wildman–Crippen MR) is 68.2 cm³/mol. The minimum absolute atomic E-state index is 0.147. The Bertz CT molecular complexity index is 494. The van der Waals surface area contributed by atoms with Gasteiger partial charge in [-0.25, -0.2) is 0 Å². The number of rotatable bonds is 4. The smallest absolute Gasteiger partial charge is 0.406 e. The molecule has 0 spiro atoms. The van der Waals surface area contributed by atoms with E-state index in [9.17, 15) is 18.0 Å². The van der Waals surface area contributed by atoms with E-state index < -0.39 is 6.36 Å². The first-order chi connectivity index (χ1) is 9.42. The number of hydrogen-bond acceptors (Lipinski definition) is 2. The second kappa shape index (κ2) is 5.98. The molecule has 1 aromatic rings. The van der Waals surface area contributed by atoms with E-state index >= 15 is 0 Å². The Balaban J connectivity index is 1.86. The van der Waals surface area contributed by atoms with E-state index in [1.807, 2.05) is 12.2 Å². The quantitative estimate of drug-likeness (QED) is 0.852. The molecule has 0 saturated heterocycles. The molecule has 0 aromatic heterocycles. The number of ether oxygens (including phenoxy) is 1. The average Bonchev–Trinajstić information content (AvgIpc) is 2.82. The zero-order chi connectivity index (χ0) is 14.6. The summed E-state index contributed by atoms with van der Waals surface area (Å²) in [6.07, 6.45) is 1.69. The van der Waals surface area contributed by atoms with Crippen molar-refractivity contribution in [3.8, 4) is 5.75 Å². The Labute approximate surface area is 114 Å². The maximum absolute atomic E-state index is 12.0. The summed E-state index contributed by atoms with van der Waals surface area (Å²) < 4.78 is 39.7. The molecule has 1 aliphatic rings. The highest BCUT2D eigenvalue weighted by Crippen LogP contribution is 2.25. The molecule has 0 fully saturated rings. The van der Waals surface area contributed by atoms with Crippen molar-refractivity contribution in [1.82, 2.24) is 0 Å². The van der Waals surface area contributed by atoms with Crippen LogP contribution in [0, 0.1) is 5.92 Å². The Hall–Kier alpha value is -1.98. The zero-order valence-corrected chi connectivity index (χ0v) is 10.6. The highest BCUT2D eigenvalue weighted by molar-refractivity contribution is 5.91. The van der Waals surface area contributed by atoms with Crippen LogP contribution in [0.3, 0.4) is 0 Å². The number of nitrogens with one attached hydrogen (secondary N) is 1. The molecule has 0 heterocycles. The van der Waals surface area contributed by atoms with Crippen molar-refractivity contribution >= 4 is 11.6 Å². The number of carbonyl (C=O) groups is 1. The number of hydrogen-bond donors (Lipinski definition) is 1. The summed E-state index contributed by atoms with van der Waals surface area (Å²) >= 11 is 0. The Morgan fingerprint density at radius 3 is 2.55 bits per heavy atom. The summed E-state index contributed by atoms with van der Waals surface area (Å²) in [5.74, 6) is -0.205. The first kappa shape index (κ1) is 14.4. The summed E-state index contributed by atoms with van der Waals surface area (Å²) in [5, 5.41) is 2.65. The molecule has 1 N–H and O–H groups in total. The van der Waals surface area contributed by atoms with Gasteiger partial charge in [-0.15, -0.1) is 13.2 Å². The topological polar surface area (TPSA) is 38.3 Å². The third-order valence-electron chi connectivity index (χ3n) is 2.93. The second-order valence-corrected chi connectivity index (χ2v) is 4.59. The van der Waals surface area contributed by atoms with Gasteiger partial charge < -0.3 is 10.1 Å². The molecule has 1 unspecified atom stereocenters. The highest BCUT2D eigenvalue weighted by Gasteiger charge is 2.30. The molecule has 3 nitrogen and oxygen atoms in total. The number of alkyl halides is 3. The van der Waals surface area contributed by atoms with Gasteiger partial charge in [0.25, 0.3) is 0 Å². The Kier molecular flexibility index (Phi) is 4.32. The van der Waals surface area contributed by atoms with E-state index in [0.29, 0.717) is 12.1 Å². The lowest BCUT2D eigenvalue weighted by molar-refractivity contribution is -0.274. The molecule has 0 aliphatic heterocycles. The van der Waals surface area contributed by atoms with Crippen LogP contribution in [-0.2, 0) is 4.79 Å². The molecule has 1 amide bonds. The summed E-state index contributed by atoms with van der Waals surface area (Å²) in [5.41, 5.74) is 0.450. The van der Waals surface area contributed by atoms with Gasteiger partial charge in [-0.2, -0.15) is 0 Å². The molecule has 1 aromatic carbocycles. The van der Waals surface area contributed by atoms with Gasteiger partial charge in [0, 0.05) is 12.1 Å². The summed E-state index contributed by atoms with van der Waals surface area (Å²) in [6.45, 7) is 0. The van der Waals surface area contributed by atoms with Gasteiger partial charge in [-0.1, -0.05) is 12.2 Å². The van der Waals surface area contributed by atoms with Crippen LogP contribution in [0.4, 0.5) is 18.9 Å². The lowest BCUT2D eigenvalue weighted by atomic mass is 10.1. The molecule has 20 heavy (non-hydrogen) atoms. The number of benzene rings is 1. The summed E-state index contributed by atoms with van der Waals surface area (Å²) in [7, 11) is 0. The maximum atomic E-state index is 12.0. The van der Waals surface area contributed by atoms with Crippen LogP contribution in [0.1, 0.15) is 19.3 Å². The minimum Gasteiger partial charge on any atom is -0.406 e. The van der Waals surface area contributed by atoms with Crippen molar-refractivity contribution in [2.45, 2.75) is 25.6 Å². The van der Waals surface area contributed by atoms with E-state index in [0.717, 1.165) is 12.8 Å². The molecule has 2 rings (SSSR count). The lowest BCUT2D eigenvalue weighted by Crippen LogP contribution is -2.17. The fourth-order valence-electron chi connectivity index (χ4n) is 2.06. The number of allylic oxidation sites excluding steroid dienone is 2. The summed E-state index contributed by atoms with van der Waals surface area (Å²) in [4.78, 5) is 11.7. The van der Waals surface area contributed by atoms with Gasteiger partial charge in [0.1, 0.15) is 5.75 Å². The number of amides is 1. The molecule has 1 atom stereocenters. The highest BCUT2D eigenvalue weighted by atomic mass is 19.4. The van der Waals surface area contributed by atoms with Gasteiger partial charge >= 0.3 is 6.36 Å². The van der Waals surface area contributed by atoms with Gasteiger partial charge in [0.05, 0.1) is 0 Å². The van der Waals surface area contributed by atoms with Crippen molar-refractivity contribution in [3.05, 3.63) is 36.4 Å². The normalized spacial score (nSPS) is 18.1. The van der Waals surface area contributed by atoms with Gasteiger partial charge in [0.15, 0.2) is 0 Å². The zero-order valence-electron chi connectivity index (χ0n) is 10.6. The first-order valence-corrected chi connectivity index (χ1v) is 6.25. The molecular formula is C14H14F3NO2. The predicted octanol–water partition coefficient (Wildman–Crippen LogP) is 3.88. The molecule has 0 radical (unpaired) electrons. The van der Waals surface area contributed by atoms with Crippen molar-refractivity contribution in [3.63, 3.8) is 0 Å². The molecule has 108 valence electrons. The maximum Gasteiger partial charge on any atom is 0.573 e. The number of anilines is 1. The van der Waals surface area contributed by atoms with Crippen LogP contribution in [0.15, 0.2) is 36.4 Å². The third kappa shape index (κ3) is 4.60. The minimum atomic E-state index is -4.71. The molecule has 0 saturated carbocycles. The Morgan fingerprint density at radius 1 is 1.30 bits per heavy atom. The molecule has 1 aliphatic carbocycles. The van der Waals surface area contributed by atoms with Crippen molar-refractivity contribution < 1.29 is 22.7 Å². The van der Waals surface area contributed by atoms with Crippen LogP contribution in [0.2, 0.25) is 0 Å². The monoisotopic (exact) mass is 285 g/mol. The standard InChI is InChI=1S/C14H14F3NO2/c15-14(16,17)20-12-7-5-11(6-8-12)18-13(19)9-10-3-1-2-4-10/h1,3,5-8,10H,2,4,9H2,(H,18,19). The second-order valence-electron chi connectivity index (χ2n) is 4.59. The largest absolute Gasteiger partial charge is 0.573 e. The van der Waals surface area contributed by atoms with Crippen LogP contribution in [0.25, 0.3) is 0 Å². The van der Waals surface area contributed by atoms with Crippen molar-refractivity contribution in [1.29, 1.82) is 0 Å². The van der Waals surface area contributed by atoms with E-state index in [1.54, 1.807) is 0 Å². The lowest BCUT2D eigenvalue weighted by Gasteiger charge is -2.11. The SMILES string of the molecule is O=C(CC1C=CCC1)Nc1ccc(OC(F)(F)F)cc1. The molecule has 6 heteroatoms. The average molecular weight is 285 g/mol. The number of halogens is 3. The molecule has 0 bridgehead atoms. The van der Waals surface area contributed by atoms with Crippen molar-refractivity contribution in [2.24, 2.45) is 5.92 Å². The fraction of sp³-hybridized carbons (Fsp3) is 0.357. The van der Waals surface area contributed by atoms with E-state index in [-0.39, 0.29) is 17.6 Å². The number of carbonyl (C=O) groups excluding carboxylic acids is 1. The first-order valence-electron chi connectivity index (χ1n) is 6.25.